The summed E-state index contributed by atoms with van der Waals surface area (Å²) in [5.74, 6) is -0.260. The van der Waals surface area contributed by atoms with Crippen molar-refractivity contribution in [3.63, 3.8) is 0 Å². The number of amides is 1. The van der Waals surface area contributed by atoms with Gasteiger partial charge in [0, 0.05) is 24.3 Å². The van der Waals surface area contributed by atoms with Crippen molar-refractivity contribution in [1.82, 2.24) is 14.6 Å². The number of carbonyl (C=O) groups excluding carboxylic acids is 1. The molecular weight excluding hydrogens is 384 g/mol. The van der Waals surface area contributed by atoms with E-state index in [9.17, 15) is 4.79 Å². The highest BCUT2D eigenvalue weighted by molar-refractivity contribution is 5.98. The monoisotopic (exact) mass is 404 g/mol. The average molecular weight is 404 g/mol. The molecule has 31 heavy (non-hydrogen) atoms. The lowest BCUT2D eigenvalue weighted by atomic mass is 10.1. The van der Waals surface area contributed by atoms with Crippen LogP contribution in [0.1, 0.15) is 16.1 Å². The van der Waals surface area contributed by atoms with Crippen molar-refractivity contribution < 1.29 is 4.79 Å². The Balaban J connectivity index is 1.37. The van der Waals surface area contributed by atoms with Crippen LogP contribution < -0.4 is 5.43 Å². The molecule has 0 saturated carbocycles. The van der Waals surface area contributed by atoms with E-state index in [0.717, 1.165) is 17.1 Å². The molecule has 0 aliphatic rings. The maximum atomic E-state index is 12.7. The normalized spacial score (nSPS) is 11.2. The molecule has 5 aromatic rings. The highest BCUT2D eigenvalue weighted by Crippen LogP contribution is 2.20. The zero-order valence-electron chi connectivity index (χ0n) is 16.7. The van der Waals surface area contributed by atoms with Gasteiger partial charge >= 0.3 is 0 Å². The van der Waals surface area contributed by atoms with Crippen LogP contribution in [0, 0.1) is 0 Å². The van der Waals surface area contributed by atoms with Crippen molar-refractivity contribution in [3.05, 3.63) is 121 Å². The molecule has 5 rings (SSSR count). The Kier molecular flexibility index (Phi) is 4.91. The molecule has 5 heteroatoms. The largest absolute Gasteiger partial charge is 0.323 e. The fourth-order valence-electron chi connectivity index (χ4n) is 3.66. The summed E-state index contributed by atoms with van der Waals surface area (Å²) in [6.07, 6.45) is 7.46. The van der Waals surface area contributed by atoms with Crippen LogP contribution in [-0.4, -0.2) is 21.3 Å². The number of benzene rings is 3. The molecule has 0 unspecified atom stereocenters. The number of nitrogens with zero attached hydrogens (tertiary/aromatic N) is 3. The SMILES string of the molecule is O=C(N/N=C/c1cccn1-c1ccc2ccccc2c1)c1ccccc1-n1cccc1. The van der Waals surface area contributed by atoms with Crippen LogP contribution in [0.3, 0.4) is 0 Å². The highest BCUT2D eigenvalue weighted by Gasteiger charge is 2.11. The van der Waals surface area contributed by atoms with Gasteiger partial charge in [-0.1, -0.05) is 42.5 Å². The van der Waals surface area contributed by atoms with E-state index in [0.29, 0.717) is 5.56 Å². The quantitative estimate of drug-likeness (QED) is 0.318. The van der Waals surface area contributed by atoms with E-state index in [1.165, 1.54) is 10.8 Å². The standard InChI is InChI=1S/C26H20N4O/c31-26(24-11-3-4-12-25(24)29-15-5-6-16-29)28-27-19-23-10-7-17-30(23)22-14-13-20-8-1-2-9-21(20)18-22/h1-19H,(H,28,31)/b27-19+. The van der Waals surface area contributed by atoms with E-state index in [1.54, 1.807) is 12.3 Å². The molecule has 1 amide bonds. The second-order valence-corrected chi connectivity index (χ2v) is 7.14. The predicted molar refractivity (Wildman–Crippen MR) is 124 cm³/mol. The van der Waals surface area contributed by atoms with E-state index >= 15 is 0 Å². The third-order valence-electron chi connectivity index (χ3n) is 5.19. The van der Waals surface area contributed by atoms with Crippen molar-refractivity contribution in [3.8, 4) is 11.4 Å². The minimum absolute atomic E-state index is 0.260. The third kappa shape index (κ3) is 3.76. The first-order chi connectivity index (χ1) is 15.3. The van der Waals surface area contributed by atoms with Crippen molar-refractivity contribution in [2.24, 2.45) is 5.10 Å². The van der Waals surface area contributed by atoms with Crippen molar-refractivity contribution in [1.29, 1.82) is 0 Å². The first-order valence-electron chi connectivity index (χ1n) is 10.0. The summed E-state index contributed by atoms with van der Waals surface area (Å²) in [5.41, 5.74) is 5.92. The Morgan fingerprint density at radius 1 is 0.774 bits per heavy atom. The van der Waals surface area contributed by atoms with Gasteiger partial charge < -0.3 is 9.13 Å². The summed E-state index contributed by atoms with van der Waals surface area (Å²) in [7, 11) is 0. The van der Waals surface area contributed by atoms with Gasteiger partial charge in [0.05, 0.1) is 23.2 Å². The van der Waals surface area contributed by atoms with Crippen molar-refractivity contribution >= 4 is 22.9 Å². The number of para-hydroxylation sites is 1. The van der Waals surface area contributed by atoms with Gasteiger partial charge in [-0.3, -0.25) is 4.79 Å². The zero-order chi connectivity index (χ0) is 21.0. The molecule has 0 fully saturated rings. The molecule has 1 N–H and O–H groups in total. The lowest BCUT2D eigenvalue weighted by Crippen LogP contribution is -2.19. The lowest BCUT2D eigenvalue weighted by molar-refractivity contribution is 0.0955. The summed E-state index contributed by atoms with van der Waals surface area (Å²) in [5, 5.41) is 6.58. The van der Waals surface area contributed by atoms with Gasteiger partial charge in [-0.2, -0.15) is 5.10 Å². The highest BCUT2D eigenvalue weighted by atomic mass is 16.2. The molecule has 3 aromatic carbocycles. The minimum Gasteiger partial charge on any atom is -0.323 e. The Morgan fingerprint density at radius 2 is 1.55 bits per heavy atom. The van der Waals surface area contributed by atoms with Gasteiger partial charge in [-0.15, -0.1) is 0 Å². The molecule has 0 aliphatic heterocycles. The molecule has 0 atom stereocenters. The number of rotatable bonds is 5. The number of hydrogen-bond donors (Lipinski definition) is 1. The van der Waals surface area contributed by atoms with Crippen LogP contribution in [0.25, 0.3) is 22.1 Å². The van der Waals surface area contributed by atoms with E-state index in [-0.39, 0.29) is 5.91 Å². The average Bonchev–Trinajstić information content (AvgIpc) is 3.51. The number of hydrazone groups is 1. The fourth-order valence-corrected chi connectivity index (χ4v) is 3.66. The summed E-state index contributed by atoms with van der Waals surface area (Å²) in [6, 6.07) is 29.8. The lowest BCUT2D eigenvalue weighted by Gasteiger charge is -2.09. The Hall–Kier alpha value is -4.38. The van der Waals surface area contributed by atoms with Gasteiger partial charge in [0.2, 0.25) is 0 Å². The maximum absolute atomic E-state index is 12.7. The Morgan fingerprint density at radius 3 is 2.42 bits per heavy atom. The van der Waals surface area contributed by atoms with Gasteiger partial charge in [-0.05, 0) is 59.3 Å². The molecule has 0 bridgehead atoms. The first kappa shape index (κ1) is 18.6. The Labute approximate surface area is 179 Å². The van der Waals surface area contributed by atoms with Gasteiger partial charge in [0.1, 0.15) is 0 Å². The van der Waals surface area contributed by atoms with Crippen molar-refractivity contribution in [2.75, 3.05) is 0 Å². The summed E-state index contributed by atoms with van der Waals surface area (Å²) >= 11 is 0. The molecule has 5 nitrogen and oxygen atoms in total. The van der Waals surface area contributed by atoms with E-state index in [2.05, 4.69) is 40.9 Å². The molecule has 0 aliphatic carbocycles. The van der Waals surface area contributed by atoms with E-state index in [1.807, 2.05) is 82.3 Å². The van der Waals surface area contributed by atoms with Gasteiger partial charge in [-0.25, -0.2) is 5.43 Å². The topological polar surface area (TPSA) is 51.3 Å². The fraction of sp³-hybridized carbons (Fsp3) is 0. The number of fused-ring (bicyclic) bond motifs is 1. The summed E-state index contributed by atoms with van der Waals surface area (Å²) in [6.45, 7) is 0. The number of hydrogen-bond acceptors (Lipinski definition) is 2. The smallest absolute Gasteiger partial charge is 0.273 e. The first-order valence-corrected chi connectivity index (χ1v) is 10.0. The van der Waals surface area contributed by atoms with E-state index in [4.69, 9.17) is 0 Å². The summed E-state index contributed by atoms with van der Waals surface area (Å²) < 4.78 is 3.94. The van der Waals surface area contributed by atoms with Gasteiger partial charge in [0.15, 0.2) is 0 Å². The van der Waals surface area contributed by atoms with Crippen LogP contribution in [-0.2, 0) is 0 Å². The van der Waals surface area contributed by atoms with Crippen molar-refractivity contribution in [2.45, 2.75) is 0 Å². The van der Waals surface area contributed by atoms with Gasteiger partial charge in [0.25, 0.3) is 5.91 Å². The Bertz CT molecular complexity index is 1380. The zero-order valence-corrected chi connectivity index (χ0v) is 16.7. The maximum Gasteiger partial charge on any atom is 0.273 e. The summed E-state index contributed by atoms with van der Waals surface area (Å²) in [4.78, 5) is 12.7. The number of carbonyl (C=O) groups is 1. The molecule has 2 heterocycles. The molecule has 0 spiro atoms. The van der Waals surface area contributed by atoms with E-state index < -0.39 is 0 Å². The predicted octanol–water partition coefficient (Wildman–Crippen LogP) is 5.19. The molecule has 150 valence electrons. The second-order valence-electron chi connectivity index (χ2n) is 7.14. The molecule has 0 radical (unpaired) electrons. The van der Waals surface area contributed by atoms with Crippen LogP contribution in [0.15, 0.2) is 115 Å². The van der Waals surface area contributed by atoms with Crippen LogP contribution in [0.4, 0.5) is 0 Å². The van der Waals surface area contributed by atoms with Crippen LogP contribution >= 0.6 is 0 Å². The second kappa shape index (κ2) is 8.16. The molecule has 0 saturated heterocycles. The minimum atomic E-state index is -0.260. The third-order valence-corrected chi connectivity index (χ3v) is 5.19. The molecular formula is C26H20N4O. The number of aromatic nitrogens is 2. The van der Waals surface area contributed by atoms with Crippen LogP contribution in [0.2, 0.25) is 0 Å². The van der Waals surface area contributed by atoms with Crippen LogP contribution in [0.5, 0.6) is 0 Å². The molecule has 2 aromatic heterocycles. The number of nitrogens with one attached hydrogen (secondary N) is 1.